The molecule has 2 aromatic carbocycles. The van der Waals surface area contributed by atoms with Crippen molar-refractivity contribution in [2.75, 3.05) is 7.11 Å². The number of halogens is 1. The zero-order chi connectivity index (χ0) is 17.2. The van der Waals surface area contributed by atoms with Gasteiger partial charge in [-0.1, -0.05) is 39.0 Å². The Morgan fingerprint density at radius 3 is 2.35 bits per heavy atom. The smallest absolute Gasteiger partial charge is 0.131 e. The number of benzene rings is 2. The van der Waals surface area contributed by atoms with Gasteiger partial charge in [-0.3, -0.25) is 0 Å². The maximum absolute atomic E-state index is 14.3. The van der Waals surface area contributed by atoms with Crippen LogP contribution < -0.4 is 4.74 Å². The van der Waals surface area contributed by atoms with Gasteiger partial charge in [-0.2, -0.15) is 0 Å². The molecule has 0 bridgehead atoms. The Morgan fingerprint density at radius 2 is 1.78 bits per heavy atom. The highest BCUT2D eigenvalue weighted by Crippen LogP contribution is 2.40. The molecule has 3 nitrogen and oxygen atoms in total. The Hall–Kier alpha value is -1.91. The number of ether oxygens (including phenoxy) is 1. The fourth-order valence-corrected chi connectivity index (χ4v) is 2.49. The quantitative estimate of drug-likeness (QED) is 0.893. The summed E-state index contributed by atoms with van der Waals surface area (Å²) in [5, 5.41) is 20.1. The van der Waals surface area contributed by atoms with Crippen LogP contribution in [0.15, 0.2) is 36.4 Å². The van der Waals surface area contributed by atoms with Crippen molar-refractivity contribution in [3.05, 3.63) is 53.3 Å². The molecule has 124 valence electrons. The first kappa shape index (κ1) is 17.4. The Labute approximate surface area is 136 Å². The molecule has 0 aromatic heterocycles. The highest BCUT2D eigenvalue weighted by Gasteiger charge is 2.27. The summed E-state index contributed by atoms with van der Waals surface area (Å²) in [6, 6.07) is 9.70. The van der Waals surface area contributed by atoms with E-state index in [1.807, 2.05) is 20.8 Å². The number of rotatable bonds is 4. The van der Waals surface area contributed by atoms with Crippen LogP contribution in [0.3, 0.4) is 0 Å². The Kier molecular flexibility index (Phi) is 5.07. The fraction of sp³-hybridized carbons (Fsp3) is 0.368. The van der Waals surface area contributed by atoms with Crippen molar-refractivity contribution in [2.45, 2.75) is 33.5 Å². The Morgan fingerprint density at radius 1 is 1.09 bits per heavy atom. The summed E-state index contributed by atoms with van der Waals surface area (Å²) in [6.45, 7) is 5.60. The van der Waals surface area contributed by atoms with Gasteiger partial charge in [0.2, 0.25) is 0 Å². The lowest BCUT2D eigenvalue weighted by atomic mass is 9.81. The summed E-state index contributed by atoms with van der Waals surface area (Å²) in [6.07, 6.45) is -0.797. The molecule has 0 amide bonds. The molecule has 0 fully saturated rings. The highest BCUT2D eigenvalue weighted by atomic mass is 19.1. The number of hydrogen-bond acceptors (Lipinski definition) is 3. The van der Waals surface area contributed by atoms with Gasteiger partial charge in [-0.05, 0) is 40.3 Å². The van der Waals surface area contributed by atoms with E-state index in [2.05, 4.69) is 0 Å². The third kappa shape index (κ3) is 3.71. The lowest BCUT2D eigenvalue weighted by Gasteiger charge is -2.28. The summed E-state index contributed by atoms with van der Waals surface area (Å²) >= 11 is 0. The van der Waals surface area contributed by atoms with Crippen LogP contribution in [0.4, 0.5) is 4.39 Å². The van der Waals surface area contributed by atoms with E-state index >= 15 is 0 Å². The minimum absolute atomic E-state index is 0.134. The highest BCUT2D eigenvalue weighted by molar-refractivity contribution is 5.70. The predicted molar refractivity (Wildman–Crippen MR) is 88.7 cm³/mol. The molecule has 0 spiro atoms. The molecule has 0 unspecified atom stereocenters. The van der Waals surface area contributed by atoms with Crippen molar-refractivity contribution >= 4 is 0 Å². The average Bonchev–Trinajstić information content (AvgIpc) is 2.53. The molecule has 2 N–H and O–H groups in total. The molecule has 0 heterocycles. The lowest BCUT2D eigenvalue weighted by Crippen LogP contribution is -2.19. The monoisotopic (exact) mass is 318 g/mol. The molecule has 4 heteroatoms. The standard InChI is InChI=1S/C19H23FO3/c1-19(2,3)18(22)16-9-12(11-21)5-7-14(16)15-10-13(23-4)6-8-17(15)20/h5-10,18,21-22H,11H2,1-4H3/t18-/m0/s1. The molecule has 0 aliphatic rings. The zero-order valence-corrected chi connectivity index (χ0v) is 13.9. The molecule has 2 rings (SSSR count). The van der Waals surface area contributed by atoms with Crippen LogP contribution in [-0.2, 0) is 6.61 Å². The molecular weight excluding hydrogens is 295 g/mol. The van der Waals surface area contributed by atoms with E-state index in [-0.39, 0.29) is 12.4 Å². The van der Waals surface area contributed by atoms with Gasteiger partial charge >= 0.3 is 0 Å². The number of methoxy groups -OCH3 is 1. The van der Waals surface area contributed by atoms with E-state index in [9.17, 15) is 14.6 Å². The summed E-state index contributed by atoms with van der Waals surface area (Å²) in [5.41, 5.74) is 1.82. The van der Waals surface area contributed by atoms with E-state index in [1.54, 1.807) is 30.3 Å². The van der Waals surface area contributed by atoms with E-state index in [4.69, 9.17) is 4.74 Å². The van der Waals surface area contributed by atoms with Gasteiger partial charge in [-0.25, -0.2) is 4.39 Å². The third-order valence-electron chi connectivity index (χ3n) is 3.88. The summed E-state index contributed by atoms with van der Waals surface area (Å²) in [5.74, 6) is 0.161. The SMILES string of the molecule is COc1ccc(F)c(-c2ccc(CO)cc2[C@H](O)C(C)(C)C)c1. The van der Waals surface area contributed by atoms with Crippen molar-refractivity contribution in [3.63, 3.8) is 0 Å². The molecular formula is C19H23FO3. The second kappa shape index (κ2) is 6.69. The molecule has 2 aromatic rings. The van der Waals surface area contributed by atoms with Gasteiger partial charge in [0.15, 0.2) is 0 Å². The van der Waals surface area contributed by atoms with Crippen molar-refractivity contribution < 1.29 is 19.3 Å². The van der Waals surface area contributed by atoms with Crippen LogP contribution in [0.2, 0.25) is 0 Å². The first-order chi connectivity index (χ1) is 10.8. The van der Waals surface area contributed by atoms with Crippen LogP contribution in [-0.4, -0.2) is 17.3 Å². The minimum Gasteiger partial charge on any atom is -0.497 e. The van der Waals surface area contributed by atoms with E-state index in [0.29, 0.717) is 28.0 Å². The molecule has 1 atom stereocenters. The fourth-order valence-electron chi connectivity index (χ4n) is 2.49. The molecule has 23 heavy (non-hydrogen) atoms. The normalized spacial score (nSPS) is 13.0. The molecule has 0 radical (unpaired) electrons. The molecule has 0 saturated carbocycles. The van der Waals surface area contributed by atoms with Gasteiger partial charge in [-0.15, -0.1) is 0 Å². The van der Waals surface area contributed by atoms with Crippen LogP contribution in [0.25, 0.3) is 11.1 Å². The topological polar surface area (TPSA) is 49.7 Å². The van der Waals surface area contributed by atoms with Crippen molar-refractivity contribution in [1.82, 2.24) is 0 Å². The maximum Gasteiger partial charge on any atom is 0.131 e. The zero-order valence-electron chi connectivity index (χ0n) is 13.9. The molecule has 0 saturated heterocycles. The van der Waals surface area contributed by atoms with Crippen molar-refractivity contribution in [2.24, 2.45) is 5.41 Å². The van der Waals surface area contributed by atoms with Crippen LogP contribution in [0, 0.1) is 11.2 Å². The van der Waals surface area contributed by atoms with Crippen LogP contribution >= 0.6 is 0 Å². The van der Waals surface area contributed by atoms with Gasteiger partial charge in [0.05, 0.1) is 19.8 Å². The second-order valence-corrected chi connectivity index (χ2v) is 6.69. The van der Waals surface area contributed by atoms with Crippen molar-refractivity contribution in [1.29, 1.82) is 0 Å². The van der Waals surface area contributed by atoms with Gasteiger partial charge in [0.25, 0.3) is 0 Å². The van der Waals surface area contributed by atoms with Gasteiger partial charge < -0.3 is 14.9 Å². The second-order valence-electron chi connectivity index (χ2n) is 6.69. The number of aliphatic hydroxyl groups is 2. The molecule has 0 aliphatic carbocycles. The van der Waals surface area contributed by atoms with Crippen LogP contribution in [0.5, 0.6) is 5.75 Å². The molecule has 0 aliphatic heterocycles. The van der Waals surface area contributed by atoms with Gasteiger partial charge in [0.1, 0.15) is 11.6 Å². The summed E-state index contributed by atoms with van der Waals surface area (Å²) in [7, 11) is 1.52. The van der Waals surface area contributed by atoms with E-state index in [1.165, 1.54) is 13.2 Å². The maximum atomic E-state index is 14.3. The van der Waals surface area contributed by atoms with Gasteiger partial charge in [0, 0.05) is 5.56 Å². The first-order valence-electron chi connectivity index (χ1n) is 7.53. The average molecular weight is 318 g/mol. The third-order valence-corrected chi connectivity index (χ3v) is 3.88. The minimum atomic E-state index is -0.797. The Balaban J connectivity index is 2.67. The predicted octanol–water partition coefficient (Wildman–Crippen LogP) is 4.07. The number of hydrogen-bond donors (Lipinski definition) is 2. The lowest BCUT2D eigenvalue weighted by molar-refractivity contribution is 0.0630. The first-order valence-corrected chi connectivity index (χ1v) is 7.53. The number of aliphatic hydroxyl groups excluding tert-OH is 2. The van der Waals surface area contributed by atoms with E-state index in [0.717, 1.165) is 0 Å². The van der Waals surface area contributed by atoms with Crippen LogP contribution in [0.1, 0.15) is 38.0 Å². The summed E-state index contributed by atoms with van der Waals surface area (Å²) in [4.78, 5) is 0. The largest absolute Gasteiger partial charge is 0.497 e. The van der Waals surface area contributed by atoms with Crippen molar-refractivity contribution in [3.8, 4) is 16.9 Å². The Bertz CT molecular complexity index is 689. The summed E-state index contributed by atoms with van der Waals surface area (Å²) < 4.78 is 19.5. The van der Waals surface area contributed by atoms with E-state index < -0.39 is 11.5 Å².